The molecule has 2 fully saturated rings. The Kier molecular flexibility index (Phi) is 4.97. The number of rotatable bonds is 3. The molecule has 0 N–H and O–H groups in total. The van der Waals surface area contributed by atoms with E-state index in [2.05, 4.69) is 32.3 Å². The number of fused-ring (bicyclic) bond motifs is 2. The lowest BCUT2D eigenvalue weighted by Gasteiger charge is -2.52. The first-order chi connectivity index (χ1) is 18.0. The van der Waals surface area contributed by atoms with Gasteiger partial charge in [-0.1, -0.05) is 28.5 Å². The quantitative estimate of drug-likeness (QED) is 0.397. The van der Waals surface area contributed by atoms with Gasteiger partial charge in [-0.15, -0.1) is 0 Å². The van der Waals surface area contributed by atoms with Crippen molar-refractivity contribution in [2.45, 2.75) is 26.3 Å². The zero-order chi connectivity index (χ0) is 25.1. The number of benzene rings is 2. The van der Waals surface area contributed by atoms with Crippen molar-refractivity contribution in [3.05, 3.63) is 82.8 Å². The van der Waals surface area contributed by atoms with Gasteiger partial charge in [0, 0.05) is 18.2 Å². The van der Waals surface area contributed by atoms with E-state index < -0.39 is 0 Å². The fourth-order valence-corrected chi connectivity index (χ4v) is 5.72. The number of oxime groups is 1. The summed E-state index contributed by atoms with van der Waals surface area (Å²) in [6.45, 7) is 6.54. The van der Waals surface area contributed by atoms with Gasteiger partial charge in [0.05, 0.1) is 48.0 Å². The van der Waals surface area contributed by atoms with Crippen molar-refractivity contribution in [3.8, 4) is 5.69 Å². The van der Waals surface area contributed by atoms with Crippen molar-refractivity contribution in [3.63, 3.8) is 0 Å². The van der Waals surface area contributed by atoms with Crippen molar-refractivity contribution in [2.75, 3.05) is 26.4 Å². The van der Waals surface area contributed by atoms with E-state index in [0.29, 0.717) is 25.4 Å². The fraction of sp³-hybridized carbons (Fsp3) is 0.321. The number of aromatic nitrogens is 3. The third-order valence-corrected chi connectivity index (χ3v) is 7.59. The van der Waals surface area contributed by atoms with Crippen LogP contribution in [0, 0.1) is 25.1 Å². The molecule has 2 aromatic heterocycles. The predicted octanol–water partition coefficient (Wildman–Crippen LogP) is 4.96. The lowest BCUT2D eigenvalue weighted by atomic mass is 9.74. The van der Waals surface area contributed by atoms with E-state index in [0.717, 1.165) is 58.0 Å². The lowest BCUT2D eigenvalue weighted by molar-refractivity contribution is -0.131. The average molecular weight is 500 g/mol. The highest BCUT2D eigenvalue weighted by Gasteiger charge is 2.49. The van der Waals surface area contributed by atoms with Crippen LogP contribution in [-0.4, -0.2) is 51.8 Å². The van der Waals surface area contributed by atoms with E-state index in [9.17, 15) is 4.39 Å². The highest BCUT2D eigenvalue weighted by atomic mass is 19.1. The van der Waals surface area contributed by atoms with Gasteiger partial charge in [0.2, 0.25) is 0 Å². The number of hydrogen-bond donors (Lipinski definition) is 0. The SMILES string of the molecule is Cc1cn(-c2ccc(/C=C3\CC4(COC4)CN4C3=NOCC4c3ccc(F)cc3)c3c(C)noc23)cn1. The van der Waals surface area contributed by atoms with E-state index in [1.165, 1.54) is 12.1 Å². The summed E-state index contributed by atoms with van der Waals surface area (Å²) in [6.07, 6.45) is 6.75. The van der Waals surface area contributed by atoms with Gasteiger partial charge in [-0.25, -0.2) is 9.37 Å². The highest BCUT2D eigenvalue weighted by molar-refractivity contribution is 6.05. The summed E-state index contributed by atoms with van der Waals surface area (Å²) in [7, 11) is 0. The summed E-state index contributed by atoms with van der Waals surface area (Å²) in [5.74, 6) is 0.564. The van der Waals surface area contributed by atoms with Gasteiger partial charge in [0.1, 0.15) is 12.4 Å². The van der Waals surface area contributed by atoms with Crippen LogP contribution in [0.5, 0.6) is 0 Å². The number of imidazole rings is 1. The van der Waals surface area contributed by atoms with Crippen molar-refractivity contribution >= 4 is 22.9 Å². The van der Waals surface area contributed by atoms with E-state index in [1.54, 1.807) is 6.33 Å². The molecule has 3 aliphatic rings. The Labute approximate surface area is 213 Å². The second kappa shape index (κ2) is 8.27. The van der Waals surface area contributed by atoms with E-state index in [1.807, 2.05) is 42.8 Å². The Balaban J connectivity index is 1.33. The summed E-state index contributed by atoms with van der Waals surface area (Å²) in [5.41, 5.74) is 6.45. The van der Waals surface area contributed by atoms with Gasteiger partial charge in [-0.2, -0.15) is 0 Å². The number of piperidine rings is 1. The predicted molar refractivity (Wildman–Crippen MR) is 136 cm³/mol. The molecule has 188 valence electrons. The van der Waals surface area contributed by atoms with Crippen LogP contribution in [0.3, 0.4) is 0 Å². The summed E-state index contributed by atoms with van der Waals surface area (Å²) >= 11 is 0. The largest absolute Gasteiger partial charge is 0.392 e. The molecule has 37 heavy (non-hydrogen) atoms. The van der Waals surface area contributed by atoms with Crippen molar-refractivity contribution < 1.29 is 18.5 Å². The van der Waals surface area contributed by atoms with Crippen molar-refractivity contribution in [1.82, 2.24) is 19.6 Å². The van der Waals surface area contributed by atoms with E-state index in [-0.39, 0.29) is 17.3 Å². The smallest absolute Gasteiger partial charge is 0.191 e. The molecule has 0 bridgehead atoms. The molecule has 2 aromatic carbocycles. The van der Waals surface area contributed by atoms with Crippen molar-refractivity contribution in [2.24, 2.45) is 10.6 Å². The lowest BCUT2D eigenvalue weighted by Crippen LogP contribution is -2.58. The molecule has 0 radical (unpaired) electrons. The molecule has 1 unspecified atom stereocenters. The van der Waals surface area contributed by atoms with E-state index in [4.69, 9.17) is 14.1 Å². The Bertz CT molecular complexity index is 1560. The third kappa shape index (κ3) is 3.64. The van der Waals surface area contributed by atoms with Crippen LogP contribution >= 0.6 is 0 Å². The van der Waals surface area contributed by atoms with Crippen LogP contribution in [0.4, 0.5) is 4.39 Å². The van der Waals surface area contributed by atoms with Crippen LogP contribution < -0.4 is 0 Å². The number of hydrogen-bond acceptors (Lipinski definition) is 7. The zero-order valence-electron chi connectivity index (χ0n) is 20.6. The second-order valence-electron chi connectivity index (χ2n) is 10.3. The zero-order valence-corrected chi connectivity index (χ0v) is 20.6. The first kappa shape index (κ1) is 22.2. The minimum Gasteiger partial charge on any atom is -0.392 e. The standard InChI is InChI=1S/C28H26FN5O3/c1-17-11-33(16-30-17)23-8-5-20(25-18(2)31-37-26(23)25)9-21-10-28(14-35-15-28)13-34-24(12-36-32-27(21)34)19-3-6-22(29)7-4-19/h3-9,11,16,24H,10,12-15H2,1-2H3/b21-9+. The molecule has 3 aliphatic heterocycles. The van der Waals surface area contributed by atoms with Crippen molar-refractivity contribution in [1.29, 1.82) is 0 Å². The molecule has 0 aliphatic carbocycles. The first-order valence-electron chi connectivity index (χ1n) is 12.4. The Morgan fingerprint density at radius 2 is 1.95 bits per heavy atom. The molecule has 4 aromatic rings. The maximum absolute atomic E-state index is 13.6. The number of halogens is 1. The summed E-state index contributed by atoms with van der Waals surface area (Å²) < 4.78 is 27.1. The summed E-state index contributed by atoms with van der Waals surface area (Å²) in [6, 6.07) is 10.7. The van der Waals surface area contributed by atoms with Crippen LogP contribution in [0.25, 0.3) is 22.7 Å². The van der Waals surface area contributed by atoms with Crippen LogP contribution in [0.1, 0.15) is 35.0 Å². The van der Waals surface area contributed by atoms with Gasteiger partial charge in [-0.05, 0) is 61.2 Å². The fourth-order valence-electron chi connectivity index (χ4n) is 5.72. The van der Waals surface area contributed by atoms with Crippen LogP contribution in [-0.2, 0) is 9.57 Å². The molecule has 0 saturated carbocycles. The number of amidine groups is 1. The van der Waals surface area contributed by atoms with Gasteiger partial charge < -0.3 is 23.6 Å². The molecule has 2 saturated heterocycles. The molecule has 7 rings (SSSR count). The van der Waals surface area contributed by atoms with Gasteiger partial charge in [0.25, 0.3) is 0 Å². The monoisotopic (exact) mass is 499 g/mol. The number of aryl methyl sites for hydroxylation is 2. The third-order valence-electron chi connectivity index (χ3n) is 7.59. The maximum Gasteiger partial charge on any atom is 0.191 e. The van der Waals surface area contributed by atoms with Gasteiger partial charge in [0.15, 0.2) is 11.4 Å². The Hall–Kier alpha value is -3.98. The molecule has 1 atom stereocenters. The highest BCUT2D eigenvalue weighted by Crippen LogP contribution is 2.45. The average Bonchev–Trinajstić information content (AvgIpc) is 3.49. The minimum absolute atomic E-state index is 0.0115. The van der Waals surface area contributed by atoms with Gasteiger partial charge in [-0.3, -0.25) is 0 Å². The number of ether oxygens (including phenoxy) is 1. The first-order valence-corrected chi connectivity index (χ1v) is 12.4. The van der Waals surface area contributed by atoms with Gasteiger partial charge >= 0.3 is 0 Å². The Morgan fingerprint density at radius 1 is 1.11 bits per heavy atom. The Morgan fingerprint density at radius 3 is 2.68 bits per heavy atom. The molecular weight excluding hydrogens is 473 g/mol. The normalized spacial score (nSPS) is 21.6. The second-order valence-corrected chi connectivity index (χ2v) is 10.3. The summed E-state index contributed by atoms with van der Waals surface area (Å²) in [4.78, 5) is 12.4. The molecule has 9 heteroatoms. The molecule has 1 spiro atoms. The minimum atomic E-state index is -0.250. The molecule has 0 amide bonds. The maximum atomic E-state index is 13.6. The molecule has 8 nitrogen and oxygen atoms in total. The van der Waals surface area contributed by atoms with Crippen LogP contribution in [0.2, 0.25) is 0 Å². The topological polar surface area (TPSA) is 77.9 Å². The molecule has 5 heterocycles. The number of nitrogens with zero attached hydrogens (tertiary/aromatic N) is 5. The molecular formula is C28H26FN5O3. The van der Waals surface area contributed by atoms with Crippen LogP contribution in [0.15, 0.2) is 64.2 Å². The summed E-state index contributed by atoms with van der Waals surface area (Å²) in [5, 5.41) is 9.76. The van der Waals surface area contributed by atoms with E-state index >= 15 is 0 Å².